The molecule has 1 amide bonds. The number of ketones is 1. The van der Waals surface area contributed by atoms with Gasteiger partial charge in [0.25, 0.3) is 0 Å². The fourth-order valence-corrected chi connectivity index (χ4v) is 6.72. The van der Waals surface area contributed by atoms with E-state index in [1.807, 2.05) is 24.4 Å². The Morgan fingerprint density at radius 3 is 2.81 bits per heavy atom. The van der Waals surface area contributed by atoms with Crippen molar-refractivity contribution in [3.05, 3.63) is 77.4 Å². The van der Waals surface area contributed by atoms with E-state index in [9.17, 15) is 14.4 Å². The van der Waals surface area contributed by atoms with Gasteiger partial charge >= 0.3 is 5.97 Å². The van der Waals surface area contributed by atoms with E-state index < -0.39 is 11.8 Å². The van der Waals surface area contributed by atoms with Gasteiger partial charge in [0.15, 0.2) is 5.78 Å². The molecule has 1 aromatic heterocycles. The number of ether oxygens (including phenoxy) is 2. The van der Waals surface area contributed by atoms with E-state index in [2.05, 4.69) is 36.2 Å². The molecule has 0 bridgehead atoms. The number of aromatic nitrogens is 1. The van der Waals surface area contributed by atoms with Crippen molar-refractivity contribution in [3.8, 4) is 0 Å². The lowest BCUT2D eigenvalue weighted by molar-refractivity contribution is -0.147. The van der Waals surface area contributed by atoms with Crippen molar-refractivity contribution in [2.24, 2.45) is 23.0 Å². The van der Waals surface area contributed by atoms with Gasteiger partial charge in [-0.2, -0.15) is 0 Å². The molecule has 2 heterocycles. The molecule has 1 aromatic carbocycles. The summed E-state index contributed by atoms with van der Waals surface area (Å²) in [7, 11) is 0. The first-order chi connectivity index (χ1) is 17.2. The van der Waals surface area contributed by atoms with Gasteiger partial charge in [0.05, 0.1) is 11.5 Å². The van der Waals surface area contributed by atoms with Crippen molar-refractivity contribution in [1.82, 2.24) is 4.98 Å². The number of carbonyl (C=O) groups excluding carboxylic acids is 3. The van der Waals surface area contributed by atoms with Gasteiger partial charge in [-0.15, -0.1) is 0 Å². The zero-order valence-electron chi connectivity index (χ0n) is 20.3. The molecule has 4 aliphatic rings. The average Bonchev–Trinajstić information content (AvgIpc) is 3.14. The number of hydrogen-bond donors (Lipinski definition) is 1. The summed E-state index contributed by atoms with van der Waals surface area (Å²) in [6.45, 7) is 3.64. The highest BCUT2D eigenvalue weighted by molar-refractivity contribution is 6.02. The minimum Gasteiger partial charge on any atom is -0.489 e. The van der Waals surface area contributed by atoms with Gasteiger partial charge in [0.1, 0.15) is 18.0 Å². The van der Waals surface area contributed by atoms with Crippen LogP contribution in [-0.4, -0.2) is 34.9 Å². The number of primary amides is 1. The predicted octanol–water partition coefficient (Wildman–Crippen LogP) is 3.89. The van der Waals surface area contributed by atoms with Gasteiger partial charge in [-0.1, -0.05) is 37.3 Å². The van der Waals surface area contributed by atoms with E-state index in [4.69, 9.17) is 15.2 Å². The molecule has 7 nitrogen and oxygen atoms in total. The molecule has 36 heavy (non-hydrogen) atoms. The van der Waals surface area contributed by atoms with E-state index in [1.165, 1.54) is 6.92 Å². The maximum absolute atomic E-state index is 12.7. The molecule has 7 heteroatoms. The highest BCUT2D eigenvalue weighted by atomic mass is 16.5. The Kier molecular flexibility index (Phi) is 5.14. The molecule has 6 rings (SSSR count). The number of Topliss-reactive ketones (excluding diaryl/α,β-unsaturated/α-hetero) is 1. The van der Waals surface area contributed by atoms with Gasteiger partial charge in [-0.3, -0.25) is 19.4 Å². The monoisotopic (exact) mass is 484 g/mol. The van der Waals surface area contributed by atoms with Crippen molar-refractivity contribution in [3.63, 3.8) is 0 Å². The first-order valence-electron chi connectivity index (χ1n) is 12.4. The van der Waals surface area contributed by atoms with Crippen LogP contribution in [0.3, 0.4) is 0 Å². The van der Waals surface area contributed by atoms with Crippen LogP contribution in [0.25, 0.3) is 10.8 Å². The summed E-state index contributed by atoms with van der Waals surface area (Å²) < 4.78 is 12.4. The molecule has 0 saturated heterocycles. The number of fused-ring (bicyclic) bond motifs is 4. The number of allylic oxidation sites excluding steroid dienone is 4. The molecule has 2 unspecified atom stereocenters. The van der Waals surface area contributed by atoms with Crippen LogP contribution in [0.15, 0.2) is 71.8 Å². The van der Waals surface area contributed by atoms with Crippen LogP contribution in [-0.2, 0) is 23.9 Å². The summed E-state index contributed by atoms with van der Waals surface area (Å²) in [4.78, 5) is 40.9. The van der Waals surface area contributed by atoms with E-state index in [0.29, 0.717) is 24.2 Å². The number of amides is 1. The Bertz CT molecular complexity index is 1410. The standard InChI is InChI=1S/C29H28N2O5/c1-15(32)35-25-13-22-27-18(10-21-23(33)11-20(28(30)34)12-24(21)36-27)5-7-29(22,2)26(25)17-3-4-19-14-31-8-6-16(19)9-17/h3-10,14,20,22,25-27H,11-13H2,1-2H3,(H2,30,34)/t20?,22-,25?,26-,27+,29-/m0/s1. The lowest BCUT2D eigenvalue weighted by Crippen LogP contribution is -2.42. The Balaban J connectivity index is 1.41. The summed E-state index contributed by atoms with van der Waals surface area (Å²) in [5.74, 6) is -0.972. The largest absolute Gasteiger partial charge is 0.489 e. The Labute approximate surface area is 209 Å². The number of rotatable bonds is 3. The first-order valence-corrected chi connectivity index (χ1v) is 12.4. The van der Waals surface area contributed by atoms with Gasteiger partial charge in [-0.05, 0) is 35.1 Å². The molecule has 1 fully saturated rings. The number of hydrogen-bond acceptors (Lipinski definition) is 6. The fraction of sp³-hybridized carbons (Fsp3) is 0.379. The molecule has 0 radical (unpaired) electrons. The summed E-state index contributed by atoms with van der Waals surface area (Å²) >= 11 is 0. The second-order valence-electron chi connectivity index (χ2n) is 10.6. The van der Waals surface area contributed by atoms with Crippen LogP contribution in [0.5, 0.6) is 0 Å². The molecule has 0 spiro atoms. The van der Waals surface area contributed by atoms with Crippen molar-refractivity contribution in [2.45, 2.75) is 51.2 Å². The minimum atomic E-state index is -0.547. The number of nitrogens with two attached hydrogens (primary N) is 1. The third kappa shape index (κ3) is 3.48. The zero-order valence-corrected chi connectivity index (χ0v) is 20.3. The zero-order chi connectivity index (χ0) is 25.2. The predicted molar refractivity (Wildman–Crippen MR) is 132 cm³/mol. The van der Waals surface area contributed by atoms with Gasteiger partial charge in [0.2, 0.25) is 5.91 Å². The van der Waals surface area contributed by atoms with Crippen LogP contribution in [0.1, 0.15) is 44.6 Å². The highest BCUT2D eigenvalue weighted by Gasteiger charge is 2.58. The van der Waals surface area contributed by atoms with E-state index in [1.54, 1.807) is 6.20 Å². The second kappa shape index (κ2) is 8.15. The number of benzene rings is 1. The van der Waals surface area contributed by atoms with Crippen LogP contribution in [0, 0.1) is 17.3 Å². The fourth-order valence-electron chi connectivity index (χ4n) is 6.72. The lowest BCUT2D eigenvalue weighted by Gasteiger charge is -2.44. The number of nitrogens with zero attached hydrogens (tertiary/aromatic N) is 1. The maximum atomic E-state index is 12.7. The number of pyridine rings is 1. The first kappa shape index (κ1) is 22.7. The number of carbonyl (C=O) groups is 3. The normalized spacial score (nSPS) is 32.8. The van der Waals surface area contributed by atoms with Crippen LogP contribution >= 0.6 is 0 Å². The summed E-state index contributed by atoms with van der Waals surface area (Å²) in [6.07, 6.45) is 10.2. The minimum absolute atomic E-state index is 0.00865. The van der Waals surface area contributed by atoms with Gasteiger partial charge in [-0.25, -0.2) is 0 Å². The van der Waals surface area contributed by atoms with Crippen molar-refractivity contribution < 1.29 is 23.9 Å². The SMILES string of the molecule is CC(=O)OC1C[C@H]2[C@@H]3OC4=C(C=C3C=C[C@]2(C)[C@H]1c1ccc2cnccc2c1)C(=O)CC(C(N)=O)C4. The van der Waals surface area contributed by atoms with E-state index >= 15 is 0 Å². The van der Waals surface area contributed by atoms with Crippen molar-refractivity contribution in [1.29, 1.82) is 0 Å². The highest BCUT2D eigenvalue weighted by Crippen LogP contribution is 2.60. The Hall–Kier alpha value is -3.74. The molecule has 1 saturated carbocycles. The van der Waals surface area contributed by atoms with Crippen molar-refractivity contribution in [2.75, 3.05) is 0 Å². The smallest absolute Gasteiger partial charge is 0.302 e. The Morgan fingerprint density at radius 2 is 2.03 bits per heavy atom. The summed E-state index contributed by atoms with van der Waals surface area (Å²) in [5, 5.41) is 2.13. The topological polar surface area (TPSA) is 109 Å². The quantitative estimate of drug-likeness (QED) is 0.662. The molecule has 184 valence electrons. The van der Waals surface area contributed by atoms with Crippen molar-refractivity contribution >= 4 is 28.4 Å². The van der Waals surface area contributed by atoms with Crippen LogP contribution in [0.4, 0.5) is 0 Å². The lowest BCUT2D eigenvalue weighted by atomic mass is 9.64. The van der Waals surface area contributed by atoms with E-state index in [0.717, 1.165) is 21.9 Å². The summed E-state index contributed by atoms with van der Waals surface area (Å²) in [6, 6.07) is 8.30. The van der Waals surface area contributed by atoms with E-state index in [-0.39, 0.29) is 47.6 Å². The number of esters is 1. The summed E-state index contributed by atoms with van der Waals surface area (Å²) in [5.41, 5.74) is 7.75. The third-order valence-corrected chi connectivity index (χ3v) is 8.44. The maximum Gasteiger partial charge on any atom is 0.302 e. The van der Waals surface area contributed by atoms with Gasteiger partial charge in [0, 0.05) is 54.8 Å². The van der Waals surface area contributed by atoms with Crippen LogP contribution < -0.4 is 5.73 Å². The molecule has 3 aliphatic carbocycles. The molecule has 2 N–H and O–H groups in total. The molecular formula is C29H28N2O5. The van der Waals surface area contributed by atoms with Crippen LogP contribution in [0.2, 0.25) is 0 Å². The molecule has 1 aliphatic heterocycles. The second-order valence-corrected chi connectivity index (χ2v) is 10.6. The Morgan fingerprint density at radius 1 is 1.19 bits per heavy atom. The van der Waals surface area contributed by atoms with Gasteiger partial charge < -0.3 is 15.2 Å². The third-order valence-electron chi connectivity index (χ3n) is 8.44. The molecule has 2 aromatic rings. The average molecular weight is 485 g/mol. The molecular weight excluding hydrogens is 456 g/mol. The molecule has 6 atom stereocenters.